The number of carbonyl (C=O) groups is 2. The number of hydrogen-bond donors (Lipinski definition) is 1. The number of Topliss-reactive ketones (excluding diaryl/α,β-unsaturated/α-hetero) is 1. The molecule has 0 aromatic heterocycles. The van der Waals surface area contributed by atoms with E-state index in [-0.39, 0.29) is 17.7 Å². The fourth-order valence-corrected chi connectivity index (χ4v) is 3.34. The van der Waals surface area contributed by atoms with Gasteiger partial charge in [0, 0.05) is 31.7 Å². The Hall–Kier alpha value is -2.50. The fourth-order valence-electron chi connectivity index (χ4n) is 3.34. The Balaban J connectivity index is 1.40. The van der Waals surface area contributed by atoms with E-state index < -0.39 is 0 Å². The highest BCUT2D eigenvalue weighted by Gasteiger charge is 2.21. The van der Waals surface area contributed by atoms with E-state index in [2.05, 4.69) is 15.1 Å². The zero-order valence-corrected chi connectivity index (χ0v) is 15.8. The summed E-state index contributed by atoms with van der Waals surface area (Å²) in [4.78, 5) is 28.9. The van der Waals surface area contributed by atoms with Crippen LogP contribution in [0.3, 0.4) is 0 Å². The quantitative estimate of drug-likeness (QED) is 0.766. The average Bonchev–Trinajstić information content (AvgIpc) is 2.70. The third kappa shape index (κ3) is 5.74. The molecule has 1 unspecified atom stereocenters. The van der Waals surface area contributed by atoms with Crippen LogP contribution in [-0.2, 0) is 4.79 Å². The molecule has 0 saturated carbocycles. The van der Waals surface area contributed by atoms with Gasteiger partial charge in [-0.15, -0.1) is 0 Å². The van der Waals surface area contributed by atoms with Crippen molar-refractivity contribution < 1.29 is 9.59 Å². The summed E-state index contributed by atoms with van der Waals surface area (Å²) in [6.07, 6.45) is 0. The number of hydrogen-bond acceptors (Lipinski definition) is 4. The van der Waals surface area contributed by atoms with Crippen molar-refractivity contribution in [1.82, 2.24) is 15.1 Å². The van der Waals surface area contributed by atoms with E-state index in [0.29, 0.717) is 13.1 Å². The first kappa shape index (κ1) is 19.3. The maximum atomic E-state index is 12.3. The Labute approximate surface area is 161 Å². The second-order valence-electron chi connectivity index (χ2n) is 7.04. The van der Waals surface area contributed by atoms with Crippen LogP contribution in [0.25, 0.3) is 0 Å². The molecule has 0 bridgehead atoms. The molecular formula is C22H27N3O2. The van der Waals surface area contributed by atoms with E-state index in [1.807, 2.05) is 67.6 Å². The first-order valence-electron chi connectivity index (χ1n) is 9.49. The van der Waals surface area contributed by atoms with Crippen LogP contribution in [0.2, 0.25) is 0 Å². The Bertz CT molecular complexity index is 741. The topological polar surface area (TPSA) is 52.7 Å². The van der Waals surface area contributed by atoms with Crippen molar-refractivity contribution in [1.29, 1.82) is 0 Å². The summed E-state index contributed by atoms with van der Waals surface area (Å²) in [5.41, 5.74) is 1.87. The van der Waals surface area contributed by atoms with E-state index in [1.165, 1.54) is 0 Å². The first-order valence-corrected chi connectivity index (χ1v) is 9.49. The smallest absolute Gasteiger partial charge is 0.234 e. The van der Waals surface area contributed by atoms with Gasteiger partial charge in [0.15, 0.2) is 5.78 Å². The highest BCUT2D eigenvalue weighted by atomic mass is 16.2. The van der Waals surface area contributed by atoms with Gasteiger partial charge < -0.3 is 5.32 Å². The minimum absolute atomic E-state index is 0.00322. The van der Waals surface area contributed by atoms with Crippen molar-refractivity contribution in [3.05, 3.63) is 71.8 Å². The highest BCUT2D eigenvalue weighted by molar-refractivity contribution is 5.97. The lowest BCUT2D eigenvalue weighted by Gasteiger charge is -2.34. The fraction of sp³-hybridized carbons (Fsp3) is 0.364. The summed E-state index contributed by atoms with van der Waals surface area (Å²) < 4.78 is 0. The molecule has 3 rings (SSSR count). The summed E-state index contributed by atoms with van der Waals surface area (Å²) in [6, 6.07) is 19.4. The van der Waals surface area contributed by atoms with Crippen molar-refractivity contribution in [2.24, 2.45) is 0 Å². The normalized spacial score (nSPS) is 16.6. The maximum absolute atomic E-state index is 12.3. The third-order valence-corrected chi connectivity index (χ3v) is 4.97. The average molecular weight is 365 g/mol. The summed E-state index contributed by atoms with van der Waals surface area (Å²) in [6.45, 7) is 6.05. The number of nitrogens with zero attached hydrogens (tertiary/aromatic N) is 2. The molecule has 1 aliphatic rings. The molecule has 5 nitrogen and oxygen atoms in total. The number of piperazine rings is 1. The molecular weight excluding hydrogens is 338 g/mol. The van der Waals surface area contributed by atoms with Crippen LogP contribution in [0.15, 0.2) is 60.7 Å². The Kier molecular flexibility index (Phi) is 6.74. The maximum Gasteiger partial charge on any atom is 0.234 e. The molecule has 5 heteroatoms. The number of amides is 1. The molecule has 1 saturated heterocycles. The number of ketones is 1. The van der Waals surface area contributed by atoms with Crippen molar-refractivity contribution in [3.63, 3.8) is 0 Å². The van der Waals surface area contributed by atoms with E-state index in [4.69, 9.17) is 0 Å². The summed E-state index contributed by atoms with van der Waals surface area (Å²) in [5, 5.41) is 3.06. The van der Waals surface area contributed by atoms with E-state index in [1.54, 1.807) is 0 Å². The Morgan fingerprint density at radius 3 is 1.96 bits per heavy atom. The van der Waals surface area contributed by atoms with Gasteiger partial charge in [-0.3, -0.25) is 19.4 Å². The van der Waals surface area contributed by atoms with Crippen molar-refractivity contribution in [2.45, 2.75) is 13.0 Å². The first-order chi connectivity index (χ1) is 13.1. The third-order valence-electron chi connectivity index (χ3n) is 4.97. The zero-order valence-electron chi connectivity index (χ0n) is 15.8. The molecule has 142 valence electrons. The monoisotopic (exact) mass is 365 g/mol. The summed E-state index contributed by atoms with van der Waals surface area (Å²) in [7, 11) is 0. The van der Waals surface area contributed by atoms with Crippen LogP contribution in [-0.4, -0.2) is 60.8 Å². The minimum atomic E-state index is 0.00322. The second kappa shape index (κ2) is 9.44. The van der Waals surface area contributed by atoms with Gasteiger partial charge in [-0.05, 0) is 12.5 Å². The zero-order chi connectivity index (χ0) is 19.1. The largest absolute Gasteiger partial charge is 0.348 e. The SMILES string of the molecule is CC(NC(=O)CN1CCN(CC(=O)c2ccccc2)CC1)c1ccccc1. The molecule has 2 aromatic rings. The van der Waals surface area contributed by atoms with Crippen LogP contribution in [0, 0.1) is 0 Å². The standard InChI is InChI=1S/C22H27N3O2/c1-18(19-8-4-2-5-9-19)23-22(27)17-25-14-12-24(13-15-25)16-21(26)20-10-6-3-7-11-20/h2-11,18H,12-17H2,1H3,(H,23,27). The molecule has 0 spiro atoms. The molecule has 1 atom stereocenters. The minimum Gasteiger partial charge on any atom is -0.348 e. The van der Waals surface area contributed by atoms with Crippen LogP contribution in [0.5, 0.6) is 0 Å². The lowest BCUT2D eigenvalue weighted by atomic mass is 10.1. The molecule has 1 amide bonds. The van der Waals surface area contributed by atoms with E-state index in [9.17, 15) is 9.59 Å². The van der Waals surface area contributed by atoms with Crippen LogP contribution in [0.4, 0.5) is 0 Å². The molecule has 1 fully saturated rings. The molecule has 0 aliphatic carbocycles. The number of benzene rings is 2. The molecule has 1 heterocycles. The van der Waals surface area contributed by atoms with Crippen molar-refractivity contribution in [2.75, 3.05) is 39.3 Å². The molecule has 0 radical (unpaired) electrons. The predicted octanol–water partition coefficient (Wildman–Crippen LogP) is 2.36. The lowest BCUT2D eigenvalue weighted by Crippen LogP contribution is -2.50. The summed E-state index contributed by atoms with van der Waals surface area (Å²) in [5.74, 6) is 0.193. The Morgan fingerprint density at radius 1 is 0.852 bits per heavy atom. The van der Waals surface area contributed by atoms with Gasteiger partial charge in [0.2, 0.25) is 5.91 Å². The molecule has 1 aliphatic heterocycles. The molecule has 1 N–H and O–H groups in total. The van der Waals surface area contributed by atoms with Gasteiger partial charge in [0.05, 0.1) is 19.1 Å². The van der Waals surface area contributed by atoms with Crippen LogP contribution >= 0.6 is 0 Å². The van der Waals surface area contributed by atoms with Crippen molar-refractivity contribution in [3.8, 4) is 0 Å². The van der Waals surface area contributed by atoms with Gasteiger partial charge >= 0.3 is 0 Å². The van der Waals surface area contributed by atoms with E-state index in [0.717, 1.165) is 37.3 Å². The van der Waals surface area contributed by atoms with Crippen LogP contribution in [0.1, 0.15) is 28.9 Å². The predicted molar refractivity (Wildman–Crippen MR) is 107 cm³/mol. The Morgan fingerprint density at radius 2 is 1.37 bits per heavy atom. The van der Waals surface area contributed by atoms with Gasteiger partial charge in [0.1, 0.15) is 0 Å². The lowest BCUT2D eigenvalue weighted by molar-refractivity contribution is -0.123. The summed E-state index contributed by atoms with van der Waals surface area (Å²) >= 11 is 0. The number of nitrogens with one attached hydrogen (secondary N) is 1. The second-order valence-corrected chi connectivity index (χ2v) is 7.04. The van der Waals surface area contributed by atoms with Crippen LogP contribution < -0.4 is 5.32 Å². The van der Waals surface area contributed by atoms with Gasteiger partial charge in [-0.25, -0.2) is 0 Å². The van der Waals surface area contributed by atoms with Gasteiger partial charge in [0.25, 0.3) is 0 Å². The van der Waals surface area contributed by atoms with Crippen molar-refractivity contribution >= 4 is 11.7 Å². The number of rotatable bonds is 7. The highest BCUT2D eigenvalue weighted by Crippen LogP contribution is 2.11. The molecule has 27 heavy (non-hydrogen) atoms. The van der Waals surface area contributed by atoms with Gasteiger partial charge in [-0.1, -0.05) is 60.7 Å². The van der Waals surface area contributed by atoms with E-state index >= 15 is 0 Å². The number of carbonyl (C=O) groups excluding carboxylic acids is 2. The molecule has 2 aromatic carbocycles. The van der Waals surface area contributed by atoms with Gasteiger partial charge in [-0.2, -0.15) is 0 Å².